The van der Waals surface area contributed by atoms with Crippen molar-refractivity contribution in [2.75, 3.05) is 19.5 Å². The summed E-state index contributed by atoms with van der Waals surface area (Å²) in [5.41, 5.74) is 0.788. The van der Waals surface area contributed by atoms with Crippen molar-refractivity contribution >= 4 is 22.4 Å². The topological polar surface area (TPSA) is 73.3 Å². The Morgan fingerprint density at radius 2 is 2.10 bits per heavy atom. The summed E-state index contributed by atoms with van der Waals surface area (Å²) in [4.78, 5) is 12.0. The number of amides is 1. The van der Waals surface area contributed by atoms with E-state index >= 15 is 0 Å². The molecule has 1 heterocycles. The fourth-order valence-corrected chi connectivity index (χ4v) is 2.48. The number of rotatable bonds is 6. The number of aromatic nitrogens is 2. The Morgan fingerprint density at radius 1 is 1.29 bits per heavy atom. The van der Waals surface area contributed by atoms with Gasteiger partial charge in [0.1, 0.15) is 16.5 Å². The molecule has 0 saturated carbocycles. The number of ether oxygens (including phenoxy) is 2. The largest absolute Gasteiger partial charge is 0.497 e. The van der Waals surface area contributed by atoms with Gasteiger partial charge in [-0.15, -0.1) is 10.2 Å². The average Bonchev–Trinajstić information content (AvgIpc) is 2.95. The molecule has 21 heavy (non-hydrogen) atoms. The molecule has 0 fully saturated rings. The second-order valence-electron chi connectivity index (χ2n) is 4.26. The van der Waals surface area contributed by atoms with Gasteiger partial charge in [0.2, 0.25) is 11.0 Å². The molecule has 0 aliphatic carbocycles. The maximum atomic E-state index is 12.0. The summed E-state index contributed by atoms with van der Waals surface area (Å²) in [6, 6.07) is 5.36. The van der Waals surface area contributed by atoms with E-state index in [9.17, 15) is 4.79 Å². The summed E-state index contributed by atoms with van der Waals surface area (Å²) in [5, 5.41) is 12.0. The van der Waals surface area contributed by atoms with Crippen LogP contribution in [0.3, 0.4) is 0 Å². The second kappa shape index (κ2) is 7.03. The highest BCUT2D eigenvalue weighted by atomic mass is 32.1. The van der Waals surface area contributed by atoms with E-state index in [2.05, 4.69) is 15.5 Å². The number of nitrogens with zero attached hydrogens (tertiary/aromatic N) is 2. The number of hydrogen-bond acceptors (Lipinski definition) is 6. The molecule has 112 valence electrons. The average molecular weight is 307 g/mol. The van der Waals surface area contributed by atoms with Crippen LogP contribution in [0, 0.1) is 0 Å². The normalized spacial score (nSPS) is 10.2. The number of carbonyl (C=O) groups is 1. The first-order chi connectivity index (χ1) is 10.2. The zero-order chi connectivity index (χ0) is 15.2. The van der Waals surface area contributed by atoms with Gasteiger partial charge < -0.3 is 14.8 Å². The lowest BCUT2D eigenvalue weighted by Gasteiger charge is -2.09. The molecule has 1 aromatic carbocycles. The molecule has 7 heteroatoms. The minimum Gasteiger partial charge on any atom is -0.497 e. The molecular formula is C14H17N3O3S. The Labute approximate surface area is 127 Å². The first-order valence-electron chi connectivity index (χ1n) is 6.49. The lowest BCUT2D eigenvalue weighted by molar-refractivity contribution is -0.115. The highest BCUT2D eigenvalue weighted by Gasteiger charge is 2.12. The quantitative estimate of drug-likeness (QED) is 0.886. The van der Waals surface area contributed by atoms with Crippen molar-refractivity contribution in [3.63, 3.8) is 0 Å². The number of benzene rings is 1. The SMILES string of the molecule is CCc1nnc(NC(=O)Cc2ccc(OC)cc2OC)s1. The maximum absolute atomic E-state index is 12.0. The van der Waals surface area contributed by atoms with E-state index in [1.807, 2.05) is 13.0 Å². The van der Waals surface area contributed by atoms with E-state index in [0.717, 1.165) is 17.0 Å². The number of methoxy groups -OCH3 is 2. The highest BCUT2D eigenvalue weighted by molar-refractivity contribution is 7.15. The van der Waals surface area contributed by atoms with Crippen molar-refractivity contribution in [1.29, 1.82) is 0 Å². The summed E-state index contributed by atoms with van der Waals surface area (Å²) in [6.07, 6.45) is 1.01. The van der Waals surface area contributed by atoms with Crippen LogP contribution in [0.2, 0.25) is 0 Å². The standard InChI is InChI=1S/C14H17N3O3S/c1-4-13-16-17-14(21-13)15-12(18)7-9-5-6-10(19-2)8-11(9)20-3/h5-6,8H,4,7H2,1-3H3,(H,15,17,18). The number of aryl methyl sites for hydroxylation is 1. The summed E-state index contributed by atoms with van der Waals surface area (Å²) < 4.78 is 10.4. The minimum atomic E-state index is -0.155. The maximum Gasteiger partial charge on any atom is 0.230 e. The summed E-state index contributed by atoms with van der Waals surface area (Å²) >= 11 is 1.38. The van der Waals surface area contributed by atoms with Crippen molar-refractivity contribution in [2.24, 2.45) is 0 Å². The molecule has 0 radical (unpaired) electrons. The van der Waals surface area contributed by atoms with Crippen LogP contribution in [0.15, 0.2) is 18.2 Å². The molecule has 0 saturated heterocycles. The fraction of sp³-hybridized carbons (Fsp3) is 0.357. The van der Waals surface area contributed by atoms with Gasteiger partial charge in [-0.2, -0.15) is 0 Å². The smallest absolute Gasteiger partial charge is 0.230 e. The lowest BCUT2D eigenvalue weighted by Crippen LogP contribution is -2.14. The zero-order valence-electron chi connectivity index (χ0n) is 12.2. The lowest BCUT2D eigenvalue weighted by atomic mass is 10.1. The van der Waals surface area contributed by atoms with Crippen LogP contribution < -0.4 is 14.8 Å². The molecule has 2 rings (SSSR count). The molecule has 6 nitrogen and oxygen atoms in total. The molecule has 1 amide bonds. The van der Waals surface area contributed by atoms with Crippen molar-refractivity contribution in [3.05, 3.63) is 28.8 Å². The number of carbonyl (C=O) groups excluding carboxylic acids is 1. The minimum absolute atomic E-state index is 0.155. The first-order valence-corrected chi connectivity index (χ1v) is 7.31. The molecule has 1 N–H and O–H groups in total. The second-order valence-corrected chi connectivity index (χ2v) is 5.32. The van der Waals surface area contributed by atoms with Gasteiger partial charge in [-0.05, 0) is 12.5 Å². The van der Waals surface area contributed by atoms with Crippen LogP contribution in [-0.2, 0) is 17.6 Å². The molecule has 1 aromatic heterocycles. The molecular weight excluding hydrogens is 290 g/mol. The molecule has 0 atom stereocenters. The van der Waals surface area contributed by atoms with E-state index in [1.54, 1.807) is 26.4 Å². The molecule has 0 aliphatic heterocycles. The predicted molar refractivity (Wildman–Crippen MR) is 81.2 cm³/mol. The third kappa shape index (κ3) is 3.91. The third-order valence-electron chi connectivity index (χ3n) is 2.86. The molecule has 0 unspecified atom stereocenters. The molecule has 2 aromatic rings. The highest BCUT2D eigenvalue weighted by Crippen LogP contribution is 2.25. The summed E-state index contributed by atoms with van der Waals surface area (Å²) in [7, 11) is 3.15. The van der Waals surface area contributed by atoms with Crippen LogP contribution in [0.4, 0.5) is 5.13 Å². The first kappa shape index (κ1) is 15.2. The van der Waals surface area contributed by atoms with Crippen LogP contribution in [0.25, 0.3) is 0 Å². The fourth-order valence-electron chi connectivity index (χ4n) is 1.78. The summed E-state index contributed by atoms with van der Waals surface area (Å²) in [6.45, 7) is 1.99. The van der Waals surface area contributed by atoms with Crippen LogP contribution in [0.1, 0.15) is 17.5 Å². The summed E-state index contributed by atoms with van der Waals surface area (Å²) in [5.74, 6) is 1.15. The van der Waals surface area contributed by atoms with Gasteiger partial charge in [0, 0.05) is 11.6 Å². The van der Waals surface area contributed by atoms with Gasteiger partial charge in [-0.3, -0.25) is 4.79 Å². The Balaban J connectivity index is 2.05. The predicted octanol–water partition coefficient (Wildman–Crippen LogP) is 2.30. The number of anilines is 1. The molecule has 0 spiro atoms. The Morgan fingerprint density at radius 3 is 2.71 bits per heavy atom. The van der Waals surface area contributed by atoms with Crippen molar-refractivity contribution in [3.8, 4) is 11.5 Å². The monoisotopic (exact) mass is 307 g/mol. The third-order valence-corrected chi connectivity index (χ3v) is 3.84. The van der Waals surface area contributed by atoms with Gasteiger partial charge in [-0.25, -0.2) is 0 Å². The number of hydrogen-bond donors (Lipinski definition) is 1. The van der Waals surface area contributed by atoms with E-state index in [-0.39, 0.29) is 12.3 Å². The number of nitrogens with one attached hydrogen (secondary N) is 1. The van der Waals surface area contributed by atoms with Gasteiger partial charge in [-0.1, -0.05) is 24.3 Å². The van der Waals surface area contributed by atoms with Crippen molar-refractivity contribution < 1.29 is 14.3 Å². The van der Waals surface area contributed by atoms with E-state index in [4.69, 9.17) is 9.47 Å². The van der Waals surface area contributed by atoms with Crippen LogP contribution in [0.5, 0.6) is 11.5 Å². The van der Waals surface area contributed by atoms with Crippen molar-refractivity contribution in [2.45, 2.75) is 19.8 Å². The Hall–Kier alpha value is -2.15. The van der Waals surface area contributed by atoms with Crippen LogP contribution in [-0.4, -0.2) is 30.3 Å². The van der Waals surface area contributed by atoms with Gasteiger partial charge >= 0.3 is 0 Å². The van der Waals surface area contributed by atoms with Gasteiger partial charge in [0.25, 0.3) is 0 Å². The zero-order valence-corrected chi connectivity index (χ0v) is 13.0. The van der Waals surface area contributed by atoms with Crippen molar-refractivity contribution in [1.82, 2.24) is 10.2 Å². The van der Waals surface area contributed by atoms with E-state index in [1.165, 1.54) is 11.3 Å². The van der Waals surface area contributed by atoms with E-state index < -0.39 is 0 Å². The molecule has 0 aliphatic rings. The van der Waals surface area contributed by atoms with Gasteiger partial charge in [0.15, 0.2) is 0 Å². The molecule has 0 bridgehead atoms. The van der Waals surface area contributed by atoms with Gasteiger partial charge in [0.05, 0.1) is 20.6 Å². The Kier molecular flexibility index (Phi) is 5.10. The Bertz CT molecular complexity index is 628. The van der Waals surface area contributed by atoms with E-state index in [0.29, 0.717) is 16.6 Å². The van der Waals surface area contributed by atoms with Crippen LogP contribution >= 0.6 is 11.3 Å².